The lowest BCUT2D eigenvalue weighted by molar-refractivity contribution is -0.380. The first-order chi connectivity index (χ1) is 15.6. The van der Waals surface area contributed by atoms with E-state index in [1.54, 1.807) is 11.8 Å². The molecule has 0 aliphatic carbocycles. The van der Waals surface area contributed by atoms with Crippen LogP contribution in [0.2, 0.25) is 0 Å². The third kappa shape index (κ3) is 19.4. The highest BCUT2D eigenvalue weighted by Crippen LogP contribution is 2.24. The van der Waals surface area contributed by atoms with Crippen LogP contribution in [0.25, 0.3) is 0 Å². The average molecular weight is 475 g/mol. The Kier molecular flexibility index (Phi) is 24.0. The number of hydrogen-bond donors (Lipinski definition) is 0. The van der Waals surface area contributed by atoms with Crippen molar-refractivity contribution >= 4 is 16.9 Å². The molecule has 4 nitrogen and oxygen atoms in total. The molecule has 0 aromatic heterocycles. The first-order valence-corrected chi connectivity index (χ1v) is 14.7. The van der Waals surface area contributed by atoms with Gasteiger partial charge in [-0.2, -0.15) is 0 Å². The monoisotopic (exact) mass is 474 g/mol. The lowest BCUT2D eigenvalue weighted by atomic mass is 10.1. The van der Waals surface area contributed by atoms with E-state index in [2.05, 4.69) is 6.92 Å². The first kappa shape index (κ1) is 31.9. The van der Waals surface area contributed by atoms with Crippen molar-refractivity contribution in [2.75, 3.05) is 25.6 Å². The van der Waals surface area contributed by atoms with E-state index in [4.69, 9.17) is 14.2 Å². The number of carbonyl (C=O) groups excluding carboxylic acids is 1. The van der Waals surface area contributed by atoms with Gasteiger partial charge in [-0.15, -0.1) is 0 Å². The smallest absolute Gasteiger partial charge is 0.282 e. The first-order valence-electron chi connectivity index (χ1n) is 13.7. The number of carbonyl (C=O) groups is 1. The quantitative estimate of drug-likeness (QED) is 0.0978. The predicted octanol–water partition coefficient (Wildman–Crippen LogP) is 8.66. The van der Waals surface area contributed by atoms with Crippen LogP contribution in [0.15, 0.2) is 0 Å². The average Bonchev–Trinajstić information content (AvgIpc) is 2.77. The van der Waals surface area contributed by atoms with Gasteiger partial charge in [0.15, 0.2) is 5.12 Å². The topological polar surface area (TPSA) is 44.8 Å². The summed E-state index contributed by atoms with van der Waals surface area (Å²) in [7, 11) is 0. The van der Waals surface area contributed by atoms with Crippen molar-refractivity contribution in [2.24, 2.45) is 0 Å². The Morgan fingerprint density at radius 3 is 1.53 bits per heavy atom. The molecular weight excluding hydrogens is 420 g/mol. The van der Waals surface area contributed by atoms with Crippen molar-refractivity contribution in [1.29, 1.82) is 0 Å². The molecule has 0 aromatic rings. The molecule has 0 N–H and O–H groups in total. The largest absolute Gasteiger partial charge is 0.328 e. The normalized spacial score (nSPS) is 11.9. The van der Waals surface area contributed by atoms with Gasteiger partial charge in [-0.25, -0.2) is 0 Å². The Morgan fingerprint density at radius 1 is 0.594 bits per heavy atom. The van der Waals surface area contributed by atoms with E-state index in [1.165, 1.54) is 83.5 Å². The maximum Gasteiger partial charge on any atom is 0.282 e. The number of rotatable bonds is 25. The molecule has 0 atom stereocenters. The summed E-state index contributed by atoms with van der Waals surface area (Å²) in [5, 5.41) is 0.405. The Bertz CT molecular complexity index is 386. The second kappa shape index (κ2) is 24.0. The molecule has 0 unspecified atom stereocenters. The van der Waals surface area contributed by atoms with Crippen molar-refractivity contribution in [3.8, 4) is 0 Å². The van der Waals surface area contributed by atoms with Gasteiger partial charge in [-0.05, 0) is 40.0 Å². The van der Waals surface area contributed by atoms with Crippen LogP contribution in [-0.2, 0) is 19.0 Å². The minimum atomic E-state index is -0.838. The molecule has 0 heterocycles. The maximum absolute atomic E-state index is 11.9. The minimum Gasteiger partial charge on any atom is -0.328 e. The Labute approximate surface area is 204 Å². The molecule has 0 saturated carbocycles. The fraction of sp³-hybridized carbons (Fsp3) is 0.963. The number of thioether (sulfide) groups is 1. The predicted molar refractivity (Wildman–Crippen MR) is 139 cm³/mol. The molecule has 32 heavy (non-hydrogen) atoms. The van der Waals surface area contributed by atoms with Gasteiger partial charge in [0.2, 0.25) is 0 Å². The Morgan fingerprint density at radius 2 is 1.03 bits per heavy atom. The van der Waals surface area contributed by atoms with Crippen LogP contribution in [-0.4, -0.2) is 36.7 Å². The molecule has 0 aromatic carbocycles. The van der Waals surface area contributed by atoms with Gasteiger partial charge >= 0.3 is 0 Å². The summed E-state index contributed by atoms with van der Waals surface area (Å²) in [6, 6.07) is 0. The van der Waals surface area contributed by atoms with Gasteiger partial charge in [0, 0.05) is 38.4 Å². The number of hydrogen-bond acceptors (Lipinski definition) is 5. The maximum atomic E-state index is 11.9. The molecule has 0 aliphatic heterocycles. The van der Waals surface area contributed by atoms with Gasteiger partial charge in [-0.3, -0.25) is 4.79 Å². The van der Waals surface area contributed by atoms with Crippen LogP contribution >= 0.6 is 11.8 Å². The van der Waals surface area contributed by atoms with Crippen LogP contribution < -0.4 is 0 Å². The lowest BCUT2D eigenvalue weighted by Crippen LogP contribution is -2.39. The van der Waals surface area contributed by atoms with Crippen molar-refractivity contribution in [3.63, 3.8) is 0 Å². The van der Waals surface area contributed by atoms with E-state index in [0.717, 1.165) is 31.4 Å². The molecule has 0 amide bonds. The summed E-state index contributed by atoms with van der Waals surface area (Å²) in [6.07, 6.45) is 20.4. The summed E-state index contributed by atoms with van der Waals surface area (Å²) in [5.74, 6) is 0.177. The van der Waals surface area contributed by atoms with Crippen molar-refractivity contribution < 1.29 is 19.0 Å². The fourth-order valence-corrected chi connectivity index (χ4v) is 4.85. The highest BCUT2D eigenvalue weighted by molar-refractivity contribution is 8.13. The van der Waals surface area contributed by atoms with E-state index >= 15 is 0 Å². The van der Waals surface area contributed by atoms with E-state index in [1.807, 2.05) is 20.8 Å². The highest BCUT2D eigenvalue weighted by atomic mass is 32.2. The van der Waals surface area contributed by atoms with Gasteiger partial charge in [0.1, 0.15) is 0 Å². The Balaban J connectivity index is 3.49. The third-order valence-corrected chi connectivity index (χ3v) is 6.74. The summed E-state index contributed by atoms with van der Waals surface area (Å²) in [5.41, 5.74) is 0. The van der Waals surface area contributed by atoms with Gasteiger partial charge in [-0.1, -0.05) is 95.7 Å². The molecule has 0 rings (SSSR count). The zero-order chi connectivity index (χ0) is 23.8. The molecule has 0 radical (unpaired) electrons. The van der Waals surface area contributed by atoms with Crippen molar-refractivity contribution in [1.82, 2.24) is 0 Å². The second-order valence-corrected chi connectivity index (χ2v) is 9.80. The molecule has 0 aliphatic rings. The van der Waals surface area contributed by atoms with Crippen molar-refractivity contribution in [2.45, 2.75) is 143 Å². The van der Waals surface area contributed by atoms with E-state index < -0.39 is 5.97 Å². The van der Waals surface area contributed by atoms with Gasteiger partial charge in [0.25, 0.3) is 5.97 Å². The van der Waals surface area contributed by atoms with Crippen LogP contribution in [0.5, 0.6) is 0 Å². The summed E-state index contributed by atoms with van der Waals surface area (Å²) >= 11 is 1.56. The van der Waals surface area contributed by atoms with E-state index in [-0.39, 0.29) is 0 Å². The summed E-state index contributed by atoms with van der Waals surface area (Å²) < 4.78 is 17.4. The molecule has 0 saturated heterocycles. The molecular formula is C27H54O4S. The lowest BCUT2D eigenvalue weighted by Gasteiger charge is -2.32. The number of unbranched alkanes of at least 4 members (excludes halogenated alkanes) is 13. The second-order valence-electron chi connectivity index (χ2n) is 8.65. The standard InChI is InChI=1S/C27H54O4S/c1-5-9-10-17-20-23-26(28)32-25-22-19-16-14-12-11-13-15-18-21-24-27(29-6-2,30-7-3)31-8-4/h5-25H2,1-4H3. The van der Waals surface area contributed by atoms with E-state index in [9.17, 15) is 4.79 Å². The zero-order valence-electron chi connectivity index (χ0n) is 21.9. The SMILES string of the molecule is CCCCCCCC(=O)SCCCCCCCCCCCCC(OCC)(OCC)OCC. The highest BCUT2D eigenvalue weighted by Gasteiger charge is 2.31. The fourth-order valence-electron chi connectivity index (χ4n) is 3.99. The summed E-state index contributed by atoms with van der Waals surface area (Å²) in [6.45, 7) is 10.0. The molecule has 0 spiro atoms. The molecule has 5 heteroatoms. The summed E-state index contributed by atoms with van der Waals surface area (Å²) in [4.78, 5) is 11.9. The van der Waals surface area contributed by atoms with Crippen LogP contribution in [0.1, 0.15) is 137 Å². The van der Waals surface area contributed by atoms with Crippen LogP contribution in [0.4, 0.5) is 0 Å². The van der Waals surface area contributed by atoms with Gasteiger partial charge < -0.3 is 14.2 Å². The Hall–Kier alpha value is -0.100. The van der Waals surface area contributed by atoms with Crippen LogP contribution in [0.3, 0.4) is 0 Å². The third-order valence-electron chi connectivity index (χ3n) is 5.72. The minimum absolute atomic E-state index is 0.405. The molecule has 192 valence electrons. The number of ether oxygens (including phenoxy) is 3. The zero-order valence-corrected chi connectivity index (χ0v) is 22.7. The molecule has 0 fully saturated rings. The van der Waals surface area contributed by atoms with Gasteiger partial charge in [0.05, 0.1) is 0 Å². The molecule has 0 bridgehead atoms. The van der Waals surface area contributed by atoms with Crippen molar-refractivity contribution in [3.05, 3.63) is 0 Å². The van der Waals surface area contributed by atoms with Crippen LogP contribution in [0, 0.1) is 0 Å². The van der Waals surface area contributed by atoms with E-state index in [0.29, 0.717) is 24.9 Å².